The van der Waals surface area contributed by atoms with Crippen molar-refractivity contribution < 1.29 is 33.8 Å². The van der Waals surface area contributed by atoms with E-state index in [-0.39, 0.29) is 4.73 Å². The van der Waals surface area contributed by atoms with Crippen molar-refractivity contribution in [2.75, 3.05) is 6.61 Å². The summed E-state index contributed by atoms with van der Waals surface area (Å²) in [6.45, 7) is -0.608. The minimum atomic E-state index is -4.76. The first-order valence-corrected chi connectivity index (χ1v) is 11.4. The molecule has 1 aliphatic heterocycles. The van der Waals surface area contributed by atoms with Crippen LogP contribution in [0.25, 0.3) is 23.3 Å². The highest BCUT2D eigenvalue weighted by molar-refractivity contribution is 9.10. The number of aliphatic hydroxyl groups is 2. The van der Waals surface area contributed by atoms with Crippen LogP contribution in [0.2, 0.25) is 0 Å². The maximum Gasteiger partial charge on any atom is 0.469 e. The molecule has 4 rings (SSSR count). The molecule has 3 heterocycles. The van der Waals surface area contributed by atoms with Gasteiger partial charge in [0.2, 0.25) is 0 Å². The van der Waals surface area contributed by atoms with E-state index in [0.29, 0.717) is 16.9 Å². The Morgan fingerprint density at radius 3 is 2.61 bits per heavy atom. The van der Waals surface area contributed by atoms with Gasteiger partial charge in [-0.3, -0.25) is 9.09 Å². The average Bonchev–Trinajstić information content (AvgIpc) is 3.21. The van der Waals surface area contributed by atoms with Gasteiger partial charge in [-0.1, -0.05) is 36.4 Å². The molecule has 4 atom stereocenters. The van der Waals surface area contributed by atoms with Crippen LogP contribution in [0.3, 0.4) is 0 Å². The second-order valence-corrected chi connectivity index (χ2v) is 8.71. The van der Waals surface area contributed by atoms with Gasteiger partial charge in [0.25, 0.3) is 0 Å². The predicted molar refractivity (Wildman–Crippen MR) is 112 cm³/mol. The number of imidazole rings is 1. The molecule has 0 saturated carbocycles. The predicted octanol–water partition coefficient (Wildman–Crippen LogP) is 1.49. The van der Waals surface area contributed by atoms with Crippen molar-refractivity contribution in [1.29, 1.82) is 0 Å². The maximum atomic E-state index is 10.9. The van der Waals surface area contributed by atoms with E-state index in [9.17, 15) is 14.8 Å². The molecule has 1 fully saturated rings. The quantitative estimate of drug-likeness (QED) is 0.281. The summed E-state index contributed by atoms with van der Waals surface area (Å²) in [4.78, 5) is 30.6. The van der Waals surface area contributed by atoms with Crippen molar-refractivity contribution in [2.45, 2.75) is 24.5 Å². The molecule has 0 aliphatic carbocycles. The first-order chi connectivity index (χ1) is 14.7. The third-order valence-electron chi connectivity index (χ3n) is 4.69. The largest absolute Gasteiger partial charge is 0.469 e. The average molecular weight is 513 g/mol. The molecular formula is C18H18BrN4O7P. The van der Waals surface area contributed by atoms with Crippen molar-refractivity contribution in [3.63, 3.8) is 0 Å². The van der Waals surface area contributed by atoms with Crippen LogP contribution in [0.15, 0.2) is 41.4 Å². The van der Waals surface area contributed by atoms with Gasteiger partial charge in [-0.05, 0) is 27.6 Å². The first-order valence-electron chi connectivity index (χ1n) is 9.08. The first kappa shape index (κ1) is 22.2. The number of rotatable bonds is 6. The minimum Gasteiger partial charge on any atom is -0.387 e. The van der Waals surface area contributed by atoms with Gasteiger partial charge in [0, 0.05) is 0 Å². The molecule has 1 aliphatic rings. The lowest BCUT2D eigenvalue weighted by Crippen LogP contribution is -2.33. The zero-order chi connectivity index (χ0) is 22.2. The summed E-state index contributed by atoms with van der Waals surface area (Å²) >= 11 is 3.32. The van der Waals surface area contributed by atoms with Crippen LogP contribution in [-0.2, 0) is 13.8 Å². The normalized spacial score (nSPS) is 24.4. The lowest BCUT2D eigenvalue weighted by Gasteiger charge is -2.17. The molecule has 2 aromatic heterocycles. The van der Waals surface area contributed by atoms with E-state index in [4.69, 9.17) is 14.5 Å². The molecule has 1 aromatic carbocycles. The lowest BCUT2D eigenvalue weighted by molar-refractivity contribution is -0.0514. The fourth-order valence-electron chi connectivity index (χ4n) is 3.24. The minimum absolute atomic E-state index is 0.269. The van der Waals surface area contributed by atoms with E-state index in [1.165, 1.54) is 10.9 Å². The SMILES string of the molecule is O=P(O)(O)OC[C@H]1O[C@@H](n2c(Br)nc3c(C=Cc4ccccc4)ncnc32)[C@H](O)[C@H]1O. The number of benzene rings is 1. The number of phosphoric acid groups is 1. The molecule has 0 radical (unpaired) electrons. The summed E-state index contributed by atoms with van der Waals surface area (Å²) in [6, 6.07) is 9.62. The zero-order valence-corrected chi connectivity index (χ0v) is 18.2. The molecule has 3 aromatic rings. The standard InChI is InChI=1S/C18H18BrN4O7P/c19-18-22-13-11(7-6-10-4-2-1-3-5-10)20-9-21-16(13)23(18)17-15(25)14(24)12(30-17)8-29-31(26,27)28/h1-7,9,12,14-15,17,24-25H,8H2,(H2,26,27,28)/t12-,14+,15-,17-/m1/s1. The third-order valence-corrected chi connectivity index (χ3v) is 5.74. The van der Waals surface area contributed by atoms with Gasteiger partial charge in [-0.25, -0.2) is 19.5 Å². The van der Waals surface area contributed by atoms with E-state index in [0.717, 1.165) is 5.56 Å². The number of aliphatic hydroxyl groups excluding tert-OH is 2. The molecule has 1 saturated heterocycles. The second-order valence-electron chi connectivity index (χ2n) is 6.76. The summed E-state index contributed by atoms with van der Waals surface area (Å²) in [6.07, 6.45) is -0.173. The Bertz CT molecular complexity index is 1150. The highest BCUT2D eigenvalue weighted by atomic mass is 79.9. The van der Waals surface area contributed by atoms with Crippen molar-refractivity contribution in [2.24, 2.45) is 0 Å². The number of hydrogen-bond donors (Lipinski definition) is 4. The number of phosphoric ester groups is 1. The smallest absolute Gasteiger partial charge is 0.387 e. The van der Waals surface area contributed by atoms with Crippen LogP contribution in [-0.4, -0.2) is 64.4 Å². The number of halogens is 1. The van der Waals surface area contributed by atoms with Crippen molar-refractivity contribution in [3.05, 3.63) is 52.7 Å². The Labute approximate surface area is 184 Å². The monoisotopic (exact) mass is 512 g/mol. The van der Waals surface area contributed by atoms with Gasteiger partial charge < -0.3 is 24.7 Å². The molecule has 4 N–H and O–H groups in total. The Hall–Kier alpha value is -2.02. The Balaban J connectivity index is 1.65. The van der Waals surface area contributed by atoms with E-state index < -0.39 is 39.0 Å². The number of nitrogens with zero attached hydrogens (tertiary/aromatic N) is 4. The third kappa shape index (κ3) is 4.76. The second kappa shape index (κ2) is 8.85. The Morgan fingerprint density at radius 1 is 1.16 bits per heavy atom. The molecular weight excluding hydrogens is 495 g/mol. The molecule has 31 heavy (non-hydrogen) atoms. The van der Waals surface area contributed by atoms with E-state index in [1.54, 1.807) is 6.08 Å². The number of ether oxygens (including phenoxy) is 1. The van der Waals surface area contributed by atoms with Gasteiger partial charge in [0.15, 0.2) is 16.6 Å². The zero-order valence-electron chi connectivity index (χ0n) is 15.8. The molecule has 0 spiro atoms. The number of hydrogen-bond acceptors (Lipinski definition) is 8. The summed E-state index contributed by atoms with van der Waals surface area (Å²) in [7, 11) is -4.76. The lowest BCUT2D eigenvalue weighted by atomic mass is 10.1. The van der Waals surface area contributed by atoms with Crippen LogP contribution in [0.5, 0.6) is 0 Å². The van der Waals surface area contributed by atoms with Gasteiger partial charge in [-0.2, -0.15) is 0 Å². The fourth-order valence-corrected chi connectivity index (χ4v) is 4.13. The Morgan fingerprint density at radius 2 is 1.90 bits per heavy atom. The summed E-state index contributed by atoms with van der Waals surface area (Å²) < 4.78 is 22.7. The van der Waals surface area contributed by atoms with Gasteiger partial charge >= 0.3 is 7.82 Å². The summed E-state index contributed by atoms with van der Waals surface area (Å²) in [5.41, 5.74) is 2.27. The van der Waals surface area contributed by atoms with Crippen molar-refractivity contribution >= 4 is 47.1 Å². The maximum absolute atomic E-state index is 10.9. The number of aromatic nitrogens is 4. The highest BCUT2D eigenvalue weighted by Crippen LogP contribution is 2.39. The topological polar surface area (TPSA) is 160 Å². The fraction of sp³-hybridized carbons (Fsp3) is 0.278. The molecule has 13 heteroatoms. The van der Waals surface area contributed by atoms with Crippen molar-refractivity contribution in [3.8, 4) is 0 Å². The summed E-state index contributed by atoms with van der Waals surface area (Å²) in [5, 5.41) is 20.7. The molecule has 164 valence electrons. The van der Waals surface area contributed by atoms with Crippen LogP contribution < -0.4 is 0 Å². The molecule has 11 nitrogen and oxygen atoms in total. The van der Waals surface area contributed by atoms with E-state index in [1.807, 2.05) is 36.4 Å². The highest BCUT2D eigenvalue weighted by Gasteiger charge is 2.45. The Kier molecular flexibility index (Phi) is 6.33. The van der Waals surface area contributed by atoms with Crippen LogP contribution in [0.1, 0.15) is 17.5 Å². The van der Waals surface area contributed by atoms with Crippen LogP contribution in [0.4, 0.5) is 0 Å². The van der Waals surface area contributed by atoms with Crippen LogP contribution in [0, 0.1) is 0 Å². The summed E-state index contributed by atoms with van der Waals surface area (Å²) in [5.74, 6) is 0. The molecule has 0 unspecified atom stereocenters. The van der Waals surface area contributed by atoms with Gasteiger partial charge in [-0.15, -0.1) is 0 Å². The van der Waals surface area contributed by atoms with E-state index in [2.05, 4.69) is 35.4 Å². The van der Waals surface area contributed by atoms with Gasteiger partial charge in [0.05, 0.1) is 12.3 Å². The number of fused-ring (bicyclic) bond motifs is 1. The van der Waals surface area contributed by atoms with E-state index >= 15 is 0 Å². The van der Waals surface area contributed by atoms with Crippen molar-refractivity contribution in [1.82, 2.24) is 19.5 Å². The molecule has 0 amide bonds. The molecule has 0 bridgehead atoms. The van der Waals surface area contributed by atoms with Crippen LogP contribution >= 0.6 is 23.8 Å². The van der Waals surface area contributed by atoms with Gasteiger partial charge in [0.1, 0.15) is 30.2 Å².